The largest absolute Gasteiger partial charge is 0.480 e. The minimum Gasteiger partial charge on any atom is -0.480 e. The summed E-state index contributed by atoms with van der Waals surface area (Å²) in [6.07, 6.45) is 0. The maximum Gasteiger partial charge on any atom is 0.325 e. The van der Waals surface area contributed by atoms with E-state index in [1.54, 1.807) is 6.92 Å². The van der Waals surface area contributed by atoms with Crippen LogP contribution in [0.3, 0.4) is 0 Å². The highest BCUT2D eigenvalue weighted by atomic mass is 32.0. The summed E-state index contributed by atoms with van der Waals surface area (Å²) in [4.78, 5) is 21.4. The van der Waals surface area contributed by atoms with Gasteiger partial charge in [-0.05, 0) is 13.8 Å². The summed E-state index contributed by atoms with van der Waals surface area (Å²) in [6.45, 7) is 3.20. The Morgan fingerprint density at radius 1 is 1.50 bits per heavy atom. The molecule has 0 saturated carbocycles. The van der Waals surface area contributed by atoms with Gasteiger partial charge in [0.1, 0.15) is 6.04 Å². The highest BCUT2D eigenvalue weighted by Crippen LogP contribution is 2.26. The highest BCUT2D eigenvalue weighted by Gasteiger charge is 2.17. The molecule has 0 rings (SSSR count). The third kappa shape index (κ3) is 3.99. The molecule has 4 nitrogen and oxygen atoms in total. The van der Waals surface area contributed by atoms with E-state index in [9.17, 15) is 9.59 Å². The summed E-state index contributed by atoms with van der Waals surface area (Å²) < 4.78 is 0. The van der Waals surface area contributed by atoms with E-state index in [-0.39, 0.29) is 11.6 Å². The number of aliphatic carboxylic acids is 1. The lowest BCUT2D eigenvalue weighted by Gasteiger charge is -2.12. The van der Waals surface area contributed by atoms with Crippen LogP contribution < -0.4 is 5.32 Å². The van der Waals surface area contributed by atoms with E-state index in [4.69, 9.17) is 5.11 Å². The average molecular weight is 209 g/mol. The number of carboxylic acid groups (broad SMARTS) is 1. The van der Waals surface area contributed by atoms with Crippen LogP contribution in [0.5, 0.6) is 0 Å². The van der Waals surface area contributed by atoms with Gasteiger partial charge in [-0.25, -0.2) is 0 Å². The van der Waals surface area contributed by atoms with Crippen molar-refractivity contribution in [3.8, 4) is 0 Å². The van der Waals surface area contributed by atoms with Crippen LogP contribution in [-0.2, 0) is 9.59 Å². The summed E-state index contributed by atoms with van der Waals surface area (Å²) >= 11 is 0. The predicted molar refractivity (Wildman–Crippen MR) is 52.7 cm³/mol. The first-order valence-corrected chi connectivity index (χ1v) is 6.37. The van der Waals surface area contributed by atoms with Crippen molar-refractivity contribution in [1.29, 1.82) is 0 Å². The molecule has 0 spiro atoms. The molecule has 4 unspecified atom stereocenters. The minimum absolute atomic E-state index is 0.128. The van der Waals surface area contributed by atoms with Crippen LogP contribution in [0.25, 0.3) is 0 Å². The van der Waals surface area contributed by atoms with Gasteiger partial charge >= 0.3 is 5.97 Å². The molecule has 0 aliphatic rings. The number of hydrogen-bond acceptors (Lipinski definition) is 2. The van der Waals surface area contributed by atoms with Crippen molar-refractivity contribution in [3.05, 3.63) is 0 Å². The lowest BCUT2D eigenvalue weighted by Crippen LogP contribution is -2.41. The number of carboxylic acids is 1. The van der Waals surface area contributed by atoms with E-state index in [0.29, 0.717) is 8.27 Å². The van der Waals surface area contributed by atoms with E-state index in [0.717, 1.165) is 0 Å². The fourth-order valence-corrected chi connectivity index (χ4v) is 1.16. The Morgan fingerprint density at radius 2 is 2.00 bits per heavy atom. The van der Waals surface area contributed by atoms with Gasteiger partial charge in [-0.15, -0.1) is 8.93 Å². The molecule has 0 aliphatic carbocycles. The smallest absolute Gasteiger partial charge is 0.325 e. The van der Waals surface area contributed by atoms with Gasteiger partial charge in [0.15, 0.2) is 0 Å². The quantitative estimate of drug-likeness (QED) is 0.660. The first kappa shape index (κ1) is 11.8. The van der Waals surface area contributed by atoms with Gasteiger partial charge < -0.3 is 10.4 Å². The molecule has 1 amide bonds. The van der Waals surface area contributed by atoms with Gasteiger partial charge in [0, 0.05) is 0 Å². The molecular weight excluding hydrogens is 196 g/mol. The Hall–Kier alpha value is -0.200. The Labute approximate surface area is 75.4 Å². The average Bonchev–Trinajstić information content (AvgIpc) is 2.02. The Morgan fingerprint density at radius 3 is 2.33 bits per heavy atom. The number of hydrogen-bond donors (Lipinski definition) is 2. The van der Waals surface area contributed by atoms with Crippen molar-refractivity contribution >= 4 is 29.1 Å². The minimum atomic E-state index is -1.01. The van der Waals surface area contributed by atoms with E-state index < -0.39 is 12.0 Å². The second kappa shape index (κ2) is 5.45. The molecule has 4 atom stereocenters. The number of amides is 1. The standard InChI is InChI=1S/C6H13NO3P2/c1-3(6(9)10)7-5(8)4(2)12-11/h3-4,12H,11H2,1-2H3,(H,7,8)(H,9,10). The monoisotopic (exact) mass is 209 g/mol. The zero-order valence-electron chi connectivity index (χ0n) is 7.00. The van der Waals surface area contributed by atoms with E-state index in [1.165, 1.54) is 6.92 Å². The molecule has 0 fully saturated rings. The van der Waals surface area contributed by atoms with Crippen molar-refractivity contribution in [2.24, 2.45) is 0 Å². The summed E-state index contributed by atoms with van der Waals surface area (Å²) in [7, 11) is 2.88. The number of nitrogens with one attached hydrogen (secondary N) is 1. The number of carbonyl (C=O) groups excluding carboxylic acids is 1. The van der Waals surface area contributed by atoms with Gasteiger partial charge in [-0.1, -0.05) is 8.27 Å². The first-order chi connectivity index (χ1) is 5.49. The second-order valence-corrected chi connectivity index (χ2v) is 4.66. The molecule has 6 heteroatoms. The van der Waals surface area contributed by atoms with Gasteiger partial charge in [-0.3, -0.25) is 9.59 Å². The third-order valence-corrected chi connectivity index (χ3v) is 3.63. The van der Waals surface area contributed by atoms with Crippen LogP contribution in [0.1, 0.15) is 13.8 Å². The van der Waals surface area contributed by atoms with Crippen molar-refractivity contribution in [3.63, 3.8) is 0 Å². The fourth-order valence-electron chi connectivity index (χ4n) is 0.476. The van der Waals surface area contributed by atoms with E-state index in [1.807, 2.05) is 0 Å². The number of carbonyl (C=O) groups is 2. The molecule has 0 heterocycles. The summed E-state index contributed by atoms with van der Waals surface area (Å²) in [5.74, 6) is -1.22. The fraction of sp³-hybridized carbons (Fsp3) is 0.667. The summed E-state index contributed by atoms with van der Waals surface area (Å²) in [6, 6.07) is -0.804. The van der Waals surface area contributed by atoms with Gasteiger partial charge in [0.25, 0.3) is 0 Å². The topological polar surface area (TPSA) is 66.4 Å². The van der Waals surface area contributed by atoms with E-state index >= 15 is 0 Å². The lowest BCUT2D eigenvalue weighted by atomic mass is 10.3. The SMILES string of the molecule is CC(NC(=O)C(C)PP)C(=O)O. The van der Waals surface area contributed by atoms with Crippen LogP contribution in [0.4, 0.5) is 0 Å². The van der Waals surface area contributed by atoms with Crippen LogP contribution in [-0.4, -0.2) is 28.7 Å². The maximum absolute atomic E-state index is 11.1. The maximum atomic E-state index is 11.1. The van der Waals surface area contributed by atoms with Gasteiger partial charge in [0.2, 0.25) is 5.91 Å². The molecule has 0 aromatic carbocycles. The predicted octanol–water partition coefficient (Wildman–Crippen LogP) is 0.433. The zero-order chi connectivity index (χ0) is 9.72. The van der Waals surface area contributed by atoms with Crippen LogP contribution >= 0.6 is 17.2 Å². The van der Waals surface area contributed by atoms with Crippen LogP contribution in [0, 0.1) is 0 Å². The molecule has 12 heavy (non-hydrogen) atoms. The number of rotatable bonds is 4. The van der Waals surface area contributed by atoms with Crippen molar-refractivity contribution < 1.29 is 14.7 Å². The Balaban J connectivity index is 3.92. The Bertz CT molecular complexity index is 186. The van der Waals surface area contributed by atoms with E-state index in [2.05, 4.69) is 14.2 Å². The Kier molecular flexibility index (Phi) is 5.36. The molecule has 0 aromatic rings. The summed E-state index contributed by atoms with van der Waals surface area (Å²) in [5.41, 5.74) is -0.128. The molecular formula is C6H13NO3P2. The molecule has 70 valence electrons. The van der Waals surface area contributed by atoms with Crippen molar-refractivity contribution in [1.82, 2.24) is 5.32 Å². The molecule has 0 aromatic heterocycles. The van der Waals surface area contributed by atoms with Crippen LogP contribution in [0.15, 0.2) is 0 Å². The third-order valence-electron chi connectivity index (χ3n) is 1.37. The molecule has 0 radical (unpaired) electrons. The molecule has 0 saturated heterocycles. The highest BCUT2D eigenvalue weighted by molar-refractivity contribution is 8.03. The molecule has 2 N–H and O–H groups in total. The van der Waals surface area contributed by atoms with Crippen LogP contribution in [0.2, 0.25) is 0 Å². The van der Waals surface area contributed by atoms with Crippen molar-refractivity contribution in [2.75, 3.05) is 0 Å². The molecule has 0 aliphatic heterocycles. The van der Waals surface area contributed by atoms with Gasteiger partial charge in [-0.2, -0.15) is 0 Å². The van der Waals surface area contributed by atoms with Gasteiger partial charge in [0.05, 0.1) is 5.66 Å². The normalized spacial score (nSPS) is 15.9. The summed E-state index contributed by atoms with van der Waals surface area (Å²) in [5, 5.41) is 10.9. The van der Waals surface area contributed by atoms with Crippen molar-refractivity contribution in [2.45, 2.75) is 25.5 Å². The first-order valence-electron chi connectivity index (χ1n) is 3.48. The molecule has 0 bridgehead atoms. The second-order valence-electron chi connectivity index (χ2n) is 2.46. The lowest BCUT2D eigenvalue weighted by molar-refractivity contribution is -0.141. The zero-order valence-corrected chi connectivity index (χ0v) is 9.15.